The van der Waals surface area contributed by atoms with Crippen LogP contribution in [0.5, 0.6) is 5.75 Å². The minimum Gasteiger partial charge on any atom is -0.497 e. The summed E-state index contributed by atoms with van der Waals surface area (Å²) in [5.74, 6) is 1.45. The van der Waals surface area contributed by atoms with E-state index in [-0.39, 0.29) is 23.7 Å². The molecule has 0 saturated carbocycles. The number of likely N-dealkylation sites (tertiary alicyclic amines) is 1. The highest BCUT2D eigenvalue weighted by molar-refractivity contribution is 7.16. The van der Waals surface area contributed by atoms with Gasteiger partial charge in [-0.05, 0) is 51.3 Å². The number of ether oxygens (including phenoxy) is 2. The van der Waals surface area contributed by atoms with Crippen molar-refractivity contribution >= 4 is 34.0 Å². The summed E-state index contributed by atoms with van der Waals surface area (Å²) >= 11 is 1.51. The van der Waals surface area contributed by atoms with Crippen LogP contribution in [0.4, 0.5) is 15.0 Å². The SMILES string of the molecule is COc1ccc([C@@H](C)Nc2cc(C(=O)N3CCC(NC(=O)OC(C)(C)CF)CC3)nc(-c3cnn4ccsc34)n2)cc1. The number of anilines is 1. The maximum atomic E-state index is 13.7. The molecule has 13 heteroatoms. The summed E-state index contributed by atoms with van der Waals surface area (Å²) in [5.41, 5.74) is 0.832. The molecule has 11 nitrogen and oxygen atoms in total. The number of carbonyl (C=O) groups excluding carboxylic acids is 2. The number of rotatable bonds is 9. The van der Waals surface area contributed by atoms with E-state index in [1.165, 1.54) is 25.2 Å². The van der Waals surface area contributed by atoms with Gasteiger partial charge in [0, 0.05) is 42.8 Å². The number of alkyl carbamates (subject to hydrolysis) is 1. The fourth-order valence-electron chi connectivity index (χ4n) is 4.69. The van der Waals surface area contributed by atoms with E-state index in [9.17, 15) is 14.0 Å². The lowest BCUT2D eigenvalue weighted by molar-refractivity contribution is 0.0176. The molecule has 0 aliphatic carbocycles. The zero-order chi connectivity index (χ0) is 29.9. The molecule has 0 radical (unpaired) electrons. The van der Waals surface area contributed by atoms with Crippen molar-refractivity contribution in [2.75, 3.05) is 32.2 Å². The number of hydrogen-bond acceptors (Lipinski definition) is 9. The highest BCUT2D eigenvalue weighted by Crippen LogP contribution is 2.28. The molecule has 0 bridgehead atoms. The molecule has 4 heterocycles. The minimum atomic E-state index is -1.19. The predicted molar refractivity (Wildman–Crippen MR) is 158 cm³/mol. The number of nitrogens with one attached hydrogen (secondary N) is 2. The van der Waals surface area contributed by atoms with Crippen LogP contribution < -0.4 is 15.4 Å². The first-order valence-electron chi connectivity index (χ1n) is 13.7. The molecule has 42 heavy (non-hydrogen) atoms. The average molecular weight is 596 g/mol. The Bertz CT molecular complexity index is 1550. The normalized spacial score (nSPS) is 14.9. The minimum absolute atomic E-state index is 0.112. The van der Waals surface area contributed by atoms with Gasteiger partial charge in [0.15, 0.2) is 5.82 Å². The van der Waals surface area contributed by atoms with Crippen LogP contribution in [0.25, 0.3) is 16.2 Å². The zero-order valence-corrected chi connectivity index (χ0v) is 24.8. The van der Waals surface area contributed by atoms with E-state index >= 15 is 0 Å². The molecule has 0 unspecified atom stereocenters. The van der Waals surface area contributed by atoms with E-state index in [4.69, 9.17) is 14.5 Å². The van der Waals surface area contributed by atoms with Crippen molar-refractivity contribution in [3.63, 3.8) is 0 Å². The number of aromatic nitrogens is 4. The van der Waals surface area contributed by atoms with Crippen molar-refractivity contribution in [2.24, 2.45) is 0 Å². The van der Waals surface area contributed by atoms with Gasteiger partial charge in [-0.1, -0.05) is 12.1 Å². The smallest absolute Gasteiger partial charge is 0.407 e. The first-order chi connectivity index (χ1) is 20.2. The van der Waals surface area contributed by atoms with Gasteiger partial charge in [-0.3, -0.25) is 4.79 Å². The Balaban J connectivity index is 1.34. The van der Waals surface area contributed by atoms with Crippen LogP contribution in [0, 0.1) is 0 Å². The Morgan fingerprint density at radius 3 is 2.62 bits per heavy atom. The molecule has 4 aromatic rings. The highest BCUT2D eigenvalue weighted by Gasteiger charge is 2.29. The summed E-state index contributed by atoms with van der Waals surface area (Å²) in [6.45, 7) is 5.10. The third-order valence-electron chi connectivity index (χ3n) is 7.09. The second kappa shape index (κ2) is 12.3. The molecule has 1 saturated heterocycles. The van der Waals surface area contributed by atoms with Crippen molar-refractivity contribution < 1.29 is 23.5 Å². The van der Waals surface area contributed by atoms with E-state index < -0.39 is 18.4 Å². The number of hydrogen-bond donors (Lipinski definition) is 2. The summed E-state index contributed by atoms with van der Waals surface area (Å²) in [6, 6.07) is 9.12. The second-order valence-electron chi connectivity index (χ2n) is 10.8. The summed E-state index contributed by atoms with van der Waals surface area (Å²) in [7, 11) is 1.63. The number of carbonyl (C=O) groups is 2. The van der Waals surface area contributed by atoms with Crippen molar-refractivity contribution in [1.29, 1.82) is 0 Å². The monoisotopic (exact) mass is 595 g/mol. The molecule has 2 amide bonds. The molecule has 1 aromatic carbocycles. The maximum Gasteiger partial charge on any atom is 0.407 e. The van der Waals surface area contributed by atoms with Crippen molar-refractivity contribution in [3.8, 4) is 17.1 Å². The average Bonchev–Trinajstić information content (AvgIpc) is 3.61. The van der Waals surface area contributed by atoms with Crippen molar-refractivity contribution in [2.45, 2.75) is 51.3 Å². The Hall–Kier alpha value is -4.26. The van der Waals surface area contributed by atoms with Crippen LogP contribution in [0.3, 0.4) is 0 Å². The van der Waals surface area contributed by atoms with Gasteiger partial charge < -0.3 is 25.0 Å². The molecule has 1 aliphatic heterocycles. The van der Waals surface area contributed by atoms with E-state index in [0.29, 0.717) is 37.6 Å². The van der Waals surface area contributed by atoms with Crippen LogP contribution in [-0.4, -0.2) is 75.0 Å². The number of benzene rings is 1. The largest absolute Gasteiger partial charge is 0.497 e. The van der Waals surface area contributed by atoms with Gasteiger partial charge in [-0.25, -0.2) is 23.7 Å². The lowest BCUT2D eigenvalue weighted by Crippen LogP contribution is -2.48. The molecule has 0 spiro atoms. The van der Waals surface area contributed by atoms with Gasteiger partial charge in [0.25, 0.3) is 5.91 Å². The molecule has 222 valence electrons. The number of halogens is 1. The lowest BCUT2D eigenvalue weighted by Gasteiger charge is -2.33. The third kappa shape index (κ3) is 6.62. The highest BCUT2D eigenvalue weighted by atomic mass is 32.1. The van der Waals surface area contributed by atoms with Gasteiger partial charge in [0.1, 0.15) is 34.4 Å². The number of fused-ring (bicyclic) bond motifs is 1. The maximum absolute atomic E-state index is 13.7. The van der Waals surface area contributed by atoms with Crippen LogP contribution in [-0.2, 0) is 4.74 Å². The van der Waals surface area contributed by atoms with E-state index in [0.717, 1.165) is 21.7 Å². The Kier molecular flexibility index (Phi) is 8.57. The van der Waals surface area contributed by atoms with Gasteiger partial charge in [-0.2, -0.15) is 5.10 Å². The molecule has 1 atom stereocenters. The van der Waals surface area contributed by atoms with Gasteiger partial charge in [0.05, 0.1) is 18.9 Å². The van der Waals surface area contributed by atoms with Crippen LogP contribution >= 0.6 is 11.3 Å². The van der Waals surface area contributed by atoms with Crippen molar-refractivity contribution in [3.05, 3.63) is 59.4 Å². The summed E-state index contributed by atoms with van der Waals surface area (Å²) < 4.78 is 25.2. The predicted octanol–water partition coefficient (Wildman–Crippen LogP) is 5.11. The number of nitrogens with zero attached hydrogens (tertiary/aromatic N) is 5. The molecule has 1 aliphatic rings. The standard InChI is InChI=1S/C29H34FN7O4S/c1-18(19-5-7-21(40-4)8-6-19)32-24-15-23(34-25(35-24)22-16-31-37-13-14-42-27(22)37)26(38)36-11-9-20(10-12-36)33-28(39)41-29(2,3)17-30/h5-8,13-16,18,20H,9-12,17H2,1-4H3,(H,33,39)(H,32,34,35)/t18-/m1/s1. The van der Waals surface area contributed by atoms with Gasteiger partial charge in [-0.15, -0.1) is 11.3 Å². The van der Waals surface area contributed by atoms with Gasteiger partial charge in [0.2, 0.25) is 0 Å². The van der Waals surface area contributed by atoms with Crippen molar-refractivity contribution in [1.82, 2.24) is 29.8 Å². The van der Waals surface area contributed by atoms with E-state index in [1.807, 2.05) is 42.8 Å². The second-order valence-corrected chi connectivity index (χ2v) is 11.7. The lowest BCUT2D eigenvalue weighted by atomic mass is 10.0. The number of alkyl halides is 1. The van der Waals surface area contributed by atoms with Gasteiger partial charge >= 0.3 is 6.09 Å². The van der Waals surface area contributed by atoms with E-state index in [2.05, 4.69) is 20.7 Å². The topological polar surface area (TPSA) is 123 Å². The summed E-state index contributed by atoms with van der Waals surface area (Å²) in [4.78, 5) is 37.9. The number of amides is 2. The molecule has 1 fully saturated rings. The quantitative estimate of drug-likeness (QED) is 0.274. The first kappa shape index (κ1) is 29.2. The number of methoxy groups -OCH3 is 1. The first-order valence-corrected chi connectivity index (χ1v) is 14.6. The zero-order valence-electron chi connectivity index (χ0n) is 24.0. The molecular formula is C29H34FN7O4S. The summed E-state index contributed by atoms with van der Waals surface area (Å²) in [5, 5.41) is 12.5. The molecular weight excluding hydrogens is 561 g/mol. The Labute approximate surface area is 247 Å². The summed E-state index contributed by atoms with van der Waals surface area (Å²) in [6.07, 6.45) is 3.97. The number of piperidine rings is 1. The fourth-order valence-corrected chi connectivity index (χ4v) is 5.48. The Morgan fingerprint density at radius 2 is 1.93 bits per heavy atom. The molecule has 2 N–H and O–H groups in total. The molecule has 3 aromatic heterocycles. The fraction of sp³-hybridized carbons (Fsp3) is 0.414. The van der Waals surface area contributed by atoms with Crippen LogP contribution in [0.15, 0.2) is 48.1 Å². The van der Waals surface area contributed by atoms with Crippen LogP contribution in [0.2, 0.25) is 0 Å². The van der Waals surface area contributed by atoms with E-state index in [1.54, 1.807) is 28.8 Å². The van der Waals surface area contributed by atoms with Crippen LogP contribution in [0.1, 0.15) is 55.7 Å². The Morgan fingerprint density at radius 1 is 1.19 bits per heavy atom. The third-order valence-corrected chi connectivity index (χ3v) is 7.98. The molecule has 5 rings (SSSR count). The number of thiazole rings is 1.